The maximum absolute atomic E-state index is 11.9. The van der Waals surface area contributed by atoms with Gasteiger partial charge in [0.05, 0.1) is 6.20 Å². The van der Waals surface area contributed by atoms with Gasteiger partial charge in [0.2, 0.25) is 10.0 Å². The van der Waals surface area contributed by atoms with E-state index in [1.54, 1.807) is 7.05 Å². The number of halogens is 1. The van der Waals surface area contributed by atoms with Crippen LogP contribution in [0.25, 0.3) is 0 Å². The SMILES string of the molecule is CC(Br)CCN(C)S(=O)(=O)c1cn[nH]c1. The second kappa shape index (κ2) is 5.09. The first-order valence-corrected chi connectivity index (χ1v) is 6.89. The van der Waals surface area contributed by atoms with E-state index in [0.29, 0.717) is 11.4 Å². The molecule has 1 aromatic rings. The third kappa shape index (κ3) is 3.29. The summed E-state index contributed by atoms with van der Waals surface area (Å²) < 4.78 is 25.0. The minimum absolute atomic E-state index is 0.201. The number of aromatic nitrogens is 2. The summed E-state index contributed by atoms with van der Waals surface area (Å²) in [4.78, 5) is 0.506. The lowest BCUT2D eigenvalue weighted by atomic mass is 10.3. The Balaban J connectivity index is 2.71. The molecule has 1 rings (SSSR count). The zero-order valence-electron chi connectivity index (χ0n) is 8.64. The van der Waals surface area contributed by atoms with Gasteiger partial charge in [-0.25, -0.2) is 12.7 Å². The van der Waals surface area contributed by atoms with E-state index in [2.05, 4.69) is 26.1 Å². The Labute approximate surface area is 98.0 Å². The van der Waals surface area contributed by atoms with Crippen LogP contribution in [0.1, 0.15) is 13.3 Å². The van der Waals surface area contributed by atoms with Gasteiger partial charge < -0.3 is 0 Å². The van der Waals surface area contributed by atoms with Crippen LogP contribution in [0.5, 0.6) is 0 Å². The van der Waals surface area contributed by atoms with Crippen molar-refractivity contribution in [3.05, 3.63) is 12.4 Å². The number of hydrogen-bond donors (Lipinski definition) is 1. The number of H-pyrrole nitrogens is 1. The largest absolute Gasteiger partial charge is 0.284 e. The van der Waals surface area contributed by atoms with Crippen molar-refractivity contribution in [1.82, 2.24) is 14.5 Å². The van der Waals surface area contributed by atoms with E-state index in [0.717, 1.165) is 6.42 Å². The van der Waals surface area contributed by atoms with Gasteiger partial charge in [-0.15, -0.1) is 0 Å². The van der Waals surface area contributed by atoms with E-state index in [-0.39, 0.29) is 4.90 Å². The van der Waals surface area contributed by atoms with Crippen molar-refractivity contribution in [2.24, 2.45) is 0 Å². The molecule has 15 heavy (non-hydrogen) atoms. The highest BCUT2D eigenvalue weighted by Crippen LogP contribution is 2.13. The maximum atomic E-state index is 11.9. The number of aromatic amines is 1. The zero-order chi connectivity index (χ0) is 11.5. The smallest absolute Gasteiger partial charge is 0.245 e. The Kier molecular flexibility index (Phi) is 4.30. The normalized spacial score (nSPS) is 14.4. The lowest BCUT2D eigenvalue weighted by Gasteiger charge is -2.16. The maximum Gasteiger partial charge on any atom is 0.245 e. The van der Waals surface area contributed by atoms with Crippen LogP contribution in [0, 0.1) is 0 Å². The molecule has 7 heteroatoms. The molecule has 5 nitrogen and oxygen atoms in total. The van der Waals surface area contributed by atoms with E-state index >= 15 is 0 Å². The van der Waals surface area contributed by atoms with Crippen molar-refractivity contribution in [2.75, 3.05) is 13.6 Å². The molecule has 0 saturated heterocycles. The Morgan fingerprint density at radius 1 is 1.67 bits per heavy atom. The first kappa shape index (κ1) is 12.7. The summed E-state index contributed by atoms with van der Waals surface area (Å²) in [6, 6.07) is 0. The molecule has 1 heterocycles. The van der Waals surface area contributed by atoms with Crippen LogP contribution in [0.3, 0.4) is 0 Å². The van der Waals surface area contributed by atoms with Gasteiger partial charge in [0, 0.05) is 24.6 Å². The van der Waals surface area contributed by atoms with Gasteiger partial charge in [0.25, 0.3) is 0 Å². The summed E-state index contributed by atoms with van der Waals surface area (Å²) in [7, 11) is -1.81. The lowest BCUT2D eigenvalue weighted by molar-refractivity contribution is 0.462. The average Bonchev–Trinajstić information content (AvgIpc) is 2.66. The zero-order valence-corrected chi connectivity index (χ0v) is 11.0. The fourth-order valence-electron chi connectivity index (χ4n) is 1.04. The van der Waals surface area contributed by atoms with Crippen molar-refractivity contribution < 1.29 is 8.42 Å². The number of alkyl halides is 1. The first-order valence-electron chi connectivity index (χ1n) is 4.54. The Bertz CT molecular complexity index is 388. The Morgan fingerprint density at radius 3 is 2.80 bits per heavy atom. The van der Waals surface area contributed by atoms with Crippen molar-refractivity contribution >= 4 is 26.0 Å². The molecular formula is C8H14BrN3O2S. The Hall–Kier alpha value is -0.400. The molecule has 0 radical (unpaired) electrons. The minimum atomic E-state index is -3.37. The summed E-state index contributed by atoms with van der Waals surface area (Å²) in [6.07, 6.45) is 3.46. The quantitative estimate of drug-likeness (QED) is 0.830. The number of sulfonamides is 1. The molecule has 1 N–H and O–H groups in total. The fraction of sp³-hybridized carbons (Fsp3) is 0.625. The monoisotopic (exact) mass is 295 g/mol. The summed E-state index contributed by atoms with van der Waals surface area (Å²) in [6.45, 7) is 2.47. The van der Waals surface area contributed by atoms with Gasteiger partial charge in [0.15, 0.2) is 0 Å². The molecule has 0 amide bonds. The van der Waals surface area contributed by atoms with Crippen LogP contribution in [0.15, 0.2) is 17.3 Å². The van der Waals surface area contributed by atoms with Crippen molar-refractivity contribution in [1.29, 1.82) is 0 Å². The minimum Gasteiger partial charge on any atom is -0.284 e. The molecule has 0 aliphatic carbocycles. The molecule has 0 saturated carbocycles. The van der Waals surface area contributed by atoms with Gasteiger partial charge in [-0.05, 0) is 6.42 Å². The van der Waals surface area contributed by atoms with Crippen LogP contribution < -0.4 is 0 Å². The summed E-state index contributed by atoms with van der Waals surface area (Å²) in [5, 5.41) is 6.12. The van der Waals surface area contributed by atoms with Crippen LogP contribution in [0.2, 0.25) is 0 Å². The number of nitrogens with one attached hydrogen (secondary N) is 1. The highest BCUT2D eigenvalue weighted by molar-refractivity contribution is 9.09. The molecular weight excluding hydrogens is 282 g/mol. The van der Waals surface area contributed by atoms with Crippen molar-refractivity contribution in [2.45, 2.75) is 23.1 Å². The van der Waals surface area contributed by atoms with Crippen LogP contribution in [0.4, 0.5) is 0 Å². The molecule has 0 aliphatic heterocycles. The predicted octanol–water partition coefficient (Wildman–Crippen LogP) is 1.20. The third-order valence-electron chi connectivity index (χ3n) is 2.02. The fourth-order valence-corrected chi connectivity index (χ4v) is 2.34. The van der Waals surface area contributed by atoms with E-state index in [1.807, 2.05) is 6.92 Å². The molecule has 0 aromatic carbocycles. The van der Waals surface area contributed by atoms with Gasteiger partial charge in [-0.1, -0.05) is 22.9 Å². The molecule has 1 aromatic heterocycles. The average molecular weight is 296 g/mol. The Morgan fingerprint density at radius 2 is 2.33 bits per heavy atom. The molecule has 86 valence electrons. The molecule has 1 unspecified atom stereocenters. The van der Waals surface area contributed by atoms with E-state index < -0.39 is 10.0 Å². The summed E-state index contributed by atoms with van der Waals surface area (Å²) >= 11 is 3.38. The topological polar surface area (TPSA) is 66.1 Å². The molecule has 0 fully saturated rings. The van der Waals surface area contributed by atoms with E-state index in [4.69, 9.17) is 0 Å². The van der Waals surface area contributed by atoms with Crippen LogP contribution in [-0.2, 0) is 10.0 Å². The van der Waals surface area contributed by atoms with Gasteiger partial charge in [0.1, 0.15) is 4.90 Å². The van der Waals surface area contributed by atoms with Crippen molar-refractivity contribution in [3.8, 4) is 0 Å². The summed E-state index contributed by atoms with van der Waals surface area (Å²) in [5.74, 6) is 0. The number of hydrogen-bond acceptors (Lipinski definition) is 3. The molecule has 0 bridgehead atoms. The molecule has 0 aliphatic rings. The van der Waals surface area contributed by atoms with Gasteiger partial charge >= 0.3 is 0 Å². The highest BCUT2D eigenvalue weighted by atomic mass is 79.9. The van der Waals surface area contributed by atoms with E-state index in [9.17, 15) is 8.42 Å². The molecule has 1 atom stereocenters. The first-order chi connectivity index (χ1) is 6.94. The molecule has 0 spiro atoms. The van der Waals surface area contributed by atoms with Crippen molar-refractivity contribution in [3.63, 3.8) is 0 Å². The number of rotatable bonds is 5. The van der Waals surface area contributed by atoms with E-state index in [1.165, 1.54) is 16.7 Å². The standard InChI is InChI=1S/C8H14BrN3O2S/c1-7(9)3-4-12(2)15(13,14)8-5-10-11-6-8/h5-7H,3-4H2,1-2H3,(H,10,11). The predicted molar refractivity (Wildman–Crippen MR) is 61.4 cm³/mol. The van der Waals surface area contributed by atoms with Gasteiger partial charge in [-0.3, -0.25) is 5.10 Å². The second-order valence-electron chi connectivity index (χ2n) is 3.33. The summed E-state index contributed by atoms with van der Waals surface area (Å²) in [5.41, 5.74) is 0. The number of nitrogens with zero attached hydrogens (tertiary/aromatic N) is 2. The second-order valence-corrected chi connectivity index (χ2v) is 6.94. The van der Waals surface area contributed by atoms with Gasteiger partial charge in [-0.2, -0.15) is 5.10 Å². The third-order valence-corrected chi connectivity index (χ3v) is 4.30. The lowest BCUT2D eigenvalue weighted by Crippen LogP contribution is -2.28. The van der Waals surface area contributed by atoms with Crippen LogP contribution >= 0.6 is 15.9 Å². The van der Waals surface area contributed by atoms with Crippen LogP contribution in [-0.4, -0.2) is 41.3 Å². The highest BCUT2D eigenvalue weighted by Gasteiger charge is 2.21.